The van der Waals surface area contributed by atoms with Gasteiger partial charge in [-0.05, 0) is 27.4 Å². The molecule has 2 atom stereocenters. The molecule has 2 aliphatic rings. The number of rotatable bonds is 4. The smallest absolute Gasteiger partial charge is 0.314 e. The molecular formula is C21H25F3N6O2. The van der Waals surface area contributed by atoms with Gasteiger partial charge in [0.1, 0.15) is 0 Å². The highest BCUT2D eigenvalue weighted by molar-refractivity contribution is 5.97. The molecule has 1 aromatic carbocycles. The highest BCUT2D eigenvalue weighted by Gasteiger charge is 2.37. The molecule has 0 aliphatic carbocycles. The number of likely N-dealkylation sites (N-methyl/N-ethyl adjacent to an activating group) is 1. The molecule has 0 spiro atoms. The Morgan fingerprint density at radius 1 is 1.25 bits per heavy atom. The van der Waals surface area contributed by atoms with E-state index in [0.717, 1.165) is 18.6 Å². The fourth-order valence-corrected chi connectivity index (χ4v) is 4.35. The van der Waals surface area contributed by atoms with Crippen LogP contribution in [0.25, 0.3) is 0 Å². The van der Waals surface area contributed by atoms with Gasteiger partial charge in [-0.3, -0.25) is 9.48 Å². The lowest BCUT2D eigenvalue weighted by Gasteiger charge is -2.35. The maximum Gasteiger partial charge on any atom is 0.322 e. The molecule has 2 aliphatic heterocycles. The number of benzene rings is 1. The number of nitrogens with zero attached hydrogens (tertiary/aromatic N) is 5. The summed E-state index contributed by atoms with van der Waals surface area (Å²) in [7, 11) is 3.90. The van der Waals surface area contributed by atoms with E-state index in [1.165, 1.54) is 4.90 Å². The summed E-state index contributed by atoms with van der Waals surface area (Å²) in [5, 5.41) is 6.85. The lowest BCUT2D eigenvalue weighted by Crippen LogP contribution is -2.47. The maximum atomic E-state index is 13.5. The average Bonchev–Trinajstić information content (AvgIpc) is 3.27. The standard InChI is InChI=1S/C21H25F3N6O2/c1-12-9-29-18(17(8-25-29)30-14(10-27(2)3)4-5-19(30)31)11-28(12)21(32)26-13-6-15(22)20(24)16(23)7-13/h6-8,12,14H,4-5,9-11H2,1-3H3,(H,26,32)/t12-,14?/m0/s1. The van der Waals surface area contributed by atoms with E-state index < -0.39 is 23.5 Å². The maximum absolute atomic E-state index is 13.5. The molecule has 0 bridgehead atoms. The number of hydrogen-bond acceptors (Lipinski definition) is 4. The van der Waals surface area contributed by atoms with Crippen molar-refractivity contribution in [3.8, 4) is 0 Å². The summed E-state index contributed by atoms with van der Waals surface area (Å²) in [6.07, 6.45) is 2.84. The monoisotopic (exact) mass is 450 g/mol. The molecule has 2 aromatic rings. The zero-order chi connectivity index (χ0) is 23.2. The first-order valence-corrected chi connectivity index (χ1v) is 10.4. The van der Waals surface area contributed by atoms with Crippen LogP contribution >= 0.6 is 0 Å². The van der Waals surface area contributed by atoms with Crippen LogP contribution in [0.4, 0.5) is 29.3 Å². The number of amides is 3. The minimum atomic E-state index is -1.59. The Kier molecular flexibility index (Phi) is 5.85. The number of hydrogen-bond donors (Lipinski definition) is 1. The Morgan fingerprint density at radius 2 is 1.94 bits per heavy atom. The highest BCUT2D eigenvalue weighted by Crippen LogP contribution is 2.33. The minimum Gasteiger partial charge on any atom is -0.314 e. The normalized spacial score (nSPS) is 20.8. The molecule has 1 fully saturated rings. The van der Waals surface area contributed by atoms with Gasteiger partial charge in [-0.2, -0.15) is 5.10 Å². The second-order valence-electron chi connectivity index (χ2n) is 8.54. The van der Waals surface area contributed by atoms with Crippen molar-refractivity contribution in [1.82, 2.24) is 19.6 Å². The van der Waals surface area contributed by atoms with Crippen LogP contribution in [-0.2, 0) is 17.9 Å². The van der Waals surface area contributed by atoms with Crippen LogP contribution in [0.15, 0.2) is 18.3 Å². The van der Waals surface area contributed by atoms with Gasteiger partial charge in [-0.25, -0.2) is 18.0 Å². The molecule has 32 heavy (non-hydrogen) atoms. The SMILES string of the molecule is C[C@H]1Cn2ncc(N3C(=O)CCC3CN(C)C)c2CN1C(=O)Nc1cc(F)c(F)c(F)c1. The van der Waals surface area contributed by atoms with E-state index in [2.05, 4.69) is 10.4 Å². The van der Waals surface area contributed by atoms with Crippen molar-refractivity contribution in [1.29, 1.82) is 0 Å². The van der Waals surface area contributed by atoms with Crippen LogP contribution in [0.3, 0.4) is 0 Å². The zero-order valence-electron chi connectivity index (χ0n) is 18.1. The summed E-state index contributed by atoms with van der Waals surface area (Å²) < 4.78 is 42.0. The van der Waals surface area contributed by atoms with E-state index in [-0.39, 0.29) is 30.2 Å². The summed E-state index contributed by atoms with van der Waals surface area (Å²) in [4.78, 5) is 30.8. The Morgan fingerprint density at radius 3 is 2.59 bits per heavy atom. The second kappa shape index (κ2) is 8.45. The largest absolute Gasteiger partial charge is 0.322 e. The predicted octanol–water partition coefficient (Wildman–Crippen LogP) is 2.79. The average molecular weight is 450 g/mol. The van der Waals surface area contributed by atoms with Gasteiger partial charge in [0.15, 0.2) is 17.5 Å². The van der Waals surface area contributed by atoms with Gasteiger partial charge in [0, 0.05) is 30.8 Å². The number of halogens is 3. The van der Waals surface area contributed by atoms with Crippen LogP contribution in [0.2, 0.25) is 0 Å². The molecule has 11 heteroatoms. The van der Waals surface area contributed by atoms with E-state index in [1.54, 1.807) is 15.8 Å². The topological polar surface area (TPSA) is 73.7 Å². The molecule has 1 unspecified atom stereocenters. The first-order chi connectivity index (χ1) is 15.2. The molecule has 8 nitrogen and oxygen atoms in total. The van der Waals surface area contributed by atoms with Crippen LogP contribution < -0.4 is 10.2 Å². The molecule has 4 rings (SSSR count). The second-order valence-corrected chi connectivity index (χ2v) is 8.54. The molecule has 0 saturated carbocycles. The molecule has 172 valence electrons. The lowest BCUT2D eigenvalue weighted by atomic mass is 10.1. The van der Waals surface area contributed by atoms with E-state index in [0.29, 0.717) is 30.9 Å². The molecular weight excluding hydrogens is 425 g/mol. The Labute approximate surface area is 183 Å². The van der Waals surface area contributed by atoms with Gasteiger partial charge in [-0.1, -0.05) is 0 Å². The first kappa shape index (κ1) is 22.1. The Bertz CT molecular complexity index is 1030. The Hall–Kier alpha value is -3.08. The summed E-state index contributed by atoms with van der Waals surface area (Å²) >= 11 is 0. The summed E-state index contributed by atoms with van der Waals surface area (Å²) in [5.41, 5.74) is 1.20. The van der Waals surface area contributed by atoms with Crippen LogP contribution in [0.1, 0.15) is 25.5 Å². The lowest BCUT2D eigenvalue weighted by molar-refractivity contribution is -0.117. The van der Waals surface area contributed by atoms with Crippen molar-refractivity contribution in [2.75, 3.05) is 30.9 Å². The highest BCUT2D eigenvalue weighted by atomic mass is 19.2. The minimum absolute atomic E-state index is 0.0122. The fraction of sp³-hybridized carbons (Fsp3) is 0.476. The van der Waals surface area contributed by atoms with Crippen molar-refractivity contribution in [2.45, 2.75) is 44.9 Å². The molecule has 1 N–H and O–H groups in total. The fourth-order valence-electron chi connectivity index (χ4n) is 4.35. The number of carbonyl (C=O) groups excluding carboxylic acids is 2. The first-order valence-electron chi connectivity index (χ1n) is 10.4. The van der Waals surface area contributed by atoms with Crippen molar-refractivity contribution in [3.63, 3.8) is 0 Å². The summed E-state index contributed by atoms with van der Waals surface area (Å²) in [6.45, 7) is 3.09. The third kappa shape index (κ3) is 4.04. The number of anilines is 2. The van der Waals surface area contributed by atoms with E-state index in [9.17, 15) is 22.8 Å². The molecule has 1 aromatic heterocycles. The van der Waals surface area contributed by atoms with Crippen molar-refractivity contribution in [2.24, 2.45) is 0 Å². The number of urea groups is 1. The van der Waals surface area contributed by atoms with Gasteiger partial charge in [0.25, 0.3) is 0 Å². The zero-order valence-corrected chi connectivity index (χ0v) is 18.1. The third-order valence-electron chi connectivity index (χ3n) is 5.87. The van der Waals surface area contributed by atoms with Crippen molar-refractivity contribution < 1.29 is 22.8 Å². The van der Waals surface area contributed by atoms with E-state index in [1.807, 2.05) is 25.9 Å². The summed E-state index contributed by atoms with van der Waals surface area (Å²) in [5.74, 6) is -4.34. The molecule has 1 saturated heterocycles. The van der Waals surface area contributed by atoms with Crippen LogP contribution in [-0.4, -0.2) is 64.2 Å². The van der Waals surface area contributed by atoms with E-state index in [4.69, 9.17) is 0 Å². The number of nitrogens with one attached hydrogen (secondary N) is 1. The van der Waals surface area contributed by atoms with Crippen molar-refractivity contribution >= 4 is 23.3 Å². The van der Waals surface area contributed by atoms with E-state index >= 15 is 0 Å². The summed E-state index contributed by atoms with van der Waals surface area (Å²) in [6, 6.07) is 0.624. The van der Waals surface area contributed by atoms with Gasteiger partial charge in [0.2, 0.25) is 5.91 Å². The number of aromatic nitrogens is 2. The number of fused-ring (bicyclic) bond motifs is 1. The quantitative estimate of drug-likeness (QED) is 0.728. The van der Waals surface area contributed by atoms with Crippen LogP contribution in [0.5, 0.6) is 0 Å². The molecule has 3 amide bonds. The van der Waals surface area contributed by atoms with Gasteiger partial charge >= 0.3 is 6.03 Å². The van der Waals surface area contributed by atoms with Gasteiger partial charge < -0.3 is 20.0 Å². The van der Waals surface area contributed by atoms with Crippen molar-refractivity contribution in [3.05, 3.63) is 41.5 Å². The van der Waals surface area contributed by atoms with Crippen LogP contribution in [0, 0.1) is 17.5 Å². The van der Waals surface area contributed by atoms with Gasteiger partial charge in [0.05, 0.1) is 42.8 Å². The molecule has 0 radical (unpaired) electrons. The molecule has 3 heterocycles. The number of carbonyl (C=O) groups is 2. The Balaban J connectivity index is 1.57. The predicted molar refractivity (Wildman–Crippen MR) is 112 cm³/mol. The third-order valence-corrected chi connectivity index (χ3v) is 5.87. The van der Waals surface area contributed by atoms with Gasteiger partial charge in [-0.15, -0.1) is 0 Å².